The van der Waals surface area contributed by atoms with Crippen molar-refractivity contribution in [3.05, 3.63) is 24.2 Å². The van der Waals surface area contributed by atoms with Crippen LogP contribution in [0, 0.1) is 5.41 Å². The first-order valence-electron chi connectivity index (χ1n) is 5.86. The van der Waals surface area contributed by atoms with Crippen LogP contribution in [0.2, 0.25) is 0 Å². The minimum Gasteiger partial charge on any atom is -0.468 e. The molecule has 84 valence electrons. The lowest BCUT2D eigenvalue weighted by atomic mass is 9.92. The molecule has 1 N–H and O–H groups in total. The highest BCUT2D eigenvalue weighted by Gasteiger charge is 2.31. The SMILES string of the molecule is C[C@@H](NC1CCC(C)(C)C1)c1ccco1. The number of hydrogen-bond acceptors (Lipinski definition) is 2. The van der Waals surface area contributed by atoms with Crippen molar-refractivity contribution >= 4 is 0 Å². The highest BCUT2D eigenvalue weighted by molar-refractivity contribution is 5.04. The zero-order chi connectivity index (χ0) is 10.9. The molecule has 0 bridgehead atoms. The Morgan fingerprint density at radius 2 is 2.33 bits per heavy atom. The maximum atomic E-state index is 5.40. The number of hydrogen-bond donors (Lipinski definition) is 1. The van der Waals surface area contributed by atoms with Gasteiger partial charge in [0, 0.05) is 6.04 Å². The van der Waals surface area contributed by atoms with Gasteiger partial charge in [-0.1, -0.05) is 13.8 Å². The molecule has 0 amide bonds. The fourth-order valence-corrected chi connectivity index (χ4v) is 2.55. The van der Waals surface area contributed by atoms with Crippen LogP contribution in [0.1, 0.15) is 51.8 Å². The van der Waals surface area contributed by atoms with Gasteiger partial charge in [0.2, 0.25) is 0 Å². The first-order valence-corrected chi connectivity index (χ1v) is 5.86. The maximum absolute atomic E-state index is 5.40. The second-order valence-corrected chi connectivity index (χ2v) is 5.51. The summed E-state index contributed by atoms with van der Waals surface area (Å²) in [5, 5.41) is 3.64. The standard InChI is InChI=1S/C13H21NO/c1-10(12-5-4-8-15-12)14-11-6-7-13(2,3)9-11/h4-5,8,10-11,14H,6-7,9H2,1-3H3/t10-,11?/m1/s1. The summed E-state index contributed by atoms with van der Waals surface area (Å²) in [6.07, 6.45) is 5.64. The van der Waals surface area contributed by atoms with E-state index < -0.39 is 0 Å². The Morgan fingerprint density at radius 1 is 1.53 bits per heavy atom. The molecule has 0 saturated heterocycles. The highest BCUT2D eigenvalue weighted by atomic mass is 16.3. The lowest BCUT2D eigenvalue weighted by Crippen LogP contribution is -2.29. The molecule has 0 aliphatic heterocycles. The van der Waals surface area contributed by atoms with E-state index in [1.165, 1.54) is 19.3 Å². The van der Waals surface area contributed by atoms with Gasteiger partial charge in [-0.3, -0.25) is 0 Å². The van der Waals surface area contributed by atoms with Crippen LogP contribution < -0.4 is 5.32 Å². The summed E-state index contributed by atoms with van der Waals surface area (Å²) >= 11 is 0. The molecule has 0 radical (unpaired) electrons. The summed E-state index contributed by atoms with van der Waals surface area (Å²) in [6, 6.07) is 4.98. The van der Waals surface area contributed by atoms with E-state index in [0.29, 0.717) is 17.5 Å². The van der Waals surface area contributed by atoms with Crippen molar-refractivity contribution in [1.82, 2.24) is 5.32 Å². The predicted octanol–water partition coefficient (Wildman–Crippen LogP) is 3.51. The average Bonchev–Trinajstić information content (AvgIpc) is 2.74. The van der Waals surface area contributed by atoms with Crippen LogP contribution in [-0.4, -0.2) is 6.04 Å². The fourth-order valence-electron chi connectivity index (χ4n) is 2.55. The Bertz CT molecular complexity index is 302. The van der Waals surface area contributed by atoms with Crippen LogP contribution in [0.5, 0.6) is 0 Å². The number of rotatable bonds is 3. The highest BCUT2D eigenvalue weighted by Crippen LogP contribution is 2.37. The molecule has 1 unspecified atom stereocenters. The third kappa shape index (κ3) is 2.63. The van der Waals surface area contributed by atoms with Gasteiger partial charge in [-0.2, -0.15) is 0 Å². The molecule has 1 aromatic rings. The lowest BCUT2D eigenvalue weighted by Gasteiger charge is -2.20. The molecule has 0 spiro atoms. The van der Waals surface area contributed by atoms with Gasteiger partial charge >= 0.3 is 0 Å². The van der Waals surface area contributed by atoms with Crippen LogP contribution in [0.4, 0.5) is 0 Å². The van der Waals surface area contributed by atoms with E-state index in [2.05, 4.69) is 26.1 Å². The maximum Gasteiger partial charge on any atom is 0.120 e. The second kappa shape index (κ2) is 4.01. The first kappa shape index (κ1) is 10.7. The summed E-state index contributed by atoms with van der Waals surface area (Å²) in [5.41, 5.74) is 0.514. The van der Waals surface area contributed by atoms with Crippen molar-refractivity contribution < 1.29 is 4.42 Å². The fraction of sp³-hybridized carbons (Fsp3) is 0.692. The minimum atomic E-state index is 0.332. The van der Waals surface area contributed by atoms with Crippen LogP contribution in [-0.2, 0) is 0 Å². The van der Waals surface area contributed by atoms with Gasteiger partial charge in [-0.15, -0.1) is 0 Å². The summed E-state index contributed by atoms with van der Waals surface area (Å²) in [7, 11) is 0. The van der Waals surface area contributed by atoms with E-state index in [4.69, 9.17) is 4.42 Å². The minimum absolute atomic E-state index is 0.332. The van der Waals surface area contributed by atoms with Crippen molar-refractivity contribution in [3.8, 4) is 0 Å². The number of nitrogens with one attached hydrogen (secondary N) is 1. The quantitative estimate of drug-likeness (QED) is 0.820. The normalized spacial score (nSPS) is 26.7. The molecule has 1 aliphatic carbocycles. The van der Waals surface area contributed by atoms with Gasteiger partial charge in [0.05, 0.1) is 12.3 Å². The molecular formula is C13H21NO. The molecule has 1 aliphatic rings. The Kier molecular flexibility index (Phi) is 2.87. The van der Waals surface area contributed by atoms with Gasteiger partial charge in [0.15, 0.2) is 0 Å². The van der Waals surface area contributed by atoms with Crippen molar-refractivity contribution in [2.75, 3.05) is 0 Å². The number of furan rings is 1. The third-order valence-electron chi connectivity index (χ3n) is 3.42. The summed E-state index contributed by atoms with van der Waals surface area (Å²) in [4.78, 5) is 0. The van der Waals surface area contributed by atoms with E-state index >= 15 is 0 Å². The smallest absolute Gasteiger partial charge is 0.120 e. The summed E-state index contributed by atoms with van der Waals surface area (Å²) in [5.74, 6) is 1.04. The summed E-state index contributed by atoms with van der Waals surface area (Å²) in [6.45, 7) is 6.88. The van der Waals surface area contributed by atoms with Crippen LogP contribution in [0.3, 0.4) is 0 Å². The molecule has 1 aromatic heterocycles. The van der Waals surface area contributed by atoms with Crippen molar-refractivity contribution in [3.63, 3.8) is 0 Å². The Balaban J connectivity index is 1.88. The zero-order valence-corrected chi connectivity index (χ0v) is 9.92. The topological polar surface area (TPSA) is 25.2 Å². The zero-order valence-electron chi connectivity index (χ0n) is 9.92. The molecule has 15 heavy (non-hydrogen) atoms. The van der Waals surface area contributed by atoms with E-state index in [-0.39, 0.29) is 0 Å². The van der Waals surface area contributed by atoms with E-state index in [0.717, 1.165) is 5.76 Å². The van der Waals surface area contributed by atoms with E-state index in [1.54, 1.807) is 6.26 Å². The first-order chi connectivity index (χ1) is 7.07. The Labute approximate surface area is 92.1 Å². The second-order valence-electron chi connectivity index (χ2n) is 5.51. The predicted molar refractivity (Wildman–Crippen MR) is 61.7 cm³/mol. The van der Waals surface area contributed by atoms with Crippen molar-refractivity contribution in [2.45, 2.75) is 52.1 Å². The average molecular weight is 207 g/mol. The van der Waals surface area contributed by atoms with Crippen LogP contribution in [0.15, 0.2) is 22.8 Å². The molecule has 1 saturated carbocycles. The van der Waals surface area contributed by atoms with Gasteiger partial charge in [0.1, 0.15) is 5.76 Å². The van der Waals surface area contributed by atoms with Gasteiger partial charge in [-0.05, 0) is 43.7 Å². The van der Waals surface area contributed by atoms with Crippen molar-refractivity contribution in [2.24, 2.45) is 5.41 Å². The molecule has 2 rings (SSSR count). The molecule has 0 aromatic carbocycles. The van der Waals surface area contributed by atoms with Gasteiger partial charge < -0.3 is 9.73 Å². The van der Waals surface area contributed by atoms with E-state index in [1.807, 2.05) is 12.1 Å². The lowest BCUT2D eigenvalue weighted by molar-refractivity contribution is 0.343. The Morgan fingerprint density at radius 3 is 2.87 bits per heavy atom. The molecule has 2 atom stereocenters. The monoisotopic (exact) mass is 207 g/mol. The summed E-state index contributed by atoms with van der Waals surface area (Å²) < 4.78 is 5.40. The molecule has 1 fully saturated rings. The van der Waals surface area contributed by atoms with Crippen LogP contribution in [0.25, 0.3) is 0 Å². The largest absolute Gasteiger partial charge is 0.468 e. The molecule has 2 heteroatoms. The van der Waals surface area contributed by atoms with Crippen molar-refractivity contribution in [1.29, 1.82) is 0 Å². The van der Waals surface area contributed by atoms with Crippen LogP contribution >= 0.6 is 0 Å². The Hall–Kier alpha value is -0.760. The molecule has 1 heterocycles. The molecule has 2 nitrogen and oxygen atoms in total. The van der Waals surface area contributed by atoms with Gasteiger partial charge in [-0.25, -0.2) is 0 Å². The van der Waals surface area contributed by atoms with E-state index in [9.17, 15) is 0 Å². The molecular weight excluding hydrogens is 186 g/mol. The third-order valence-corrected chi connectivity index (χ3v) is 3.42. The van der Waals surface area contributed by atoms with Gasteiger partial charge in [0.25, 0.3) is 0 Å².